The van der Waals surface area contributed by atoms with Gasteiger partial charge in [0.2, 0.25) is 10.0 Å². The number of hydrogen-bond donors (Lipinski definition) is 4. The first kappa shape index (κ1) is 16.3. The van der Waals surface area contributed by atoms with Gasteiger partial charge in [-0.3, -0.25) is 9.52 Å². The van der Waals surface area contributed by atoms with Gasteiger partial charge in [-0.2, -0.15) is 0 Å². The summed E-state index contributed by atoms with van der Waals surface area (Å²) < 4.78 is 25.0. The topological polar surface area (TPSA) is 130 Å². The number of aromatic hydroxyl groups is 2. The number of phenols is 2. The summed E-state index contributed by atoms with van der Waals surface area (Å²) in [5.41, 5.74) is 6.13. The van der Waals surface area contributed by atoms with Crippen LogP contribution in [0.4, 0.5) is 0 Å². The molecule has 112 valence electrons. The van der Waals surface area contributed by atoms with E-state index in [0.29, 0.717) is 5.56 Å². The minimum absolute atomic E-state index is 0.0350. The molecule has 0 aliphatic heterocycles. The Morgan fingerprint density at radius 2 is 1.90 bits per heavy atom. The van der Waals surface area contributed by atoms with Gasteiger partial charge < -0.3 is 15.9 Å². The van der Waals surface area contributed by atoms with E-state index in [1.54, 1.807) is 0 Å². The average Bonchev–Trinajstić information content (AvgIpc) is 2.33. The number of amides is 1. The van der Waals surface area contributed by atoms with E-state index >= 15 is 0 Å². The molecule has 5 N–H and O–H groups in total. The normalized spacial score (nSPS) is 13.2. The molecule has 0 unspecified atom stereocenters. The molecule has 1 amide bonds. The maximum atomic E-state index is 11.7. The molecule has 0 aliphatic carbocycles. The van der Waals surface area contributed by atoms with Crippen LogP contribution in [0.25, 0.3) is 0 Å². The van der Waals surface area contributed by atoms with Gasteiger partial charge in [-0.1, -0.05) is 6.07 Å². The molecule has 20 heavy (non-hydrogen) atoms. The molecule has 0 fully saturated rings. The van der Waals surface area contributed by atoms with E-state index in [-0.39, 0.29) is 17.9 Å². The second-order valence-corrected chi connectivity index (χ2v) is 6.93. The van der Waals surface area contributed by atoms with Gasteiger partial charge in [0.15, 0.2) is 11.5 Å². The van der Waals surface area contributed by atoms with Crippen LogP contribution in [0.3, 0.4) is 0 Å². The van der Waals surface area contributed by atoms with Crippen molar-refractivity contribution in [2.75, 3.05) is 0 Å². The number of sulfonamides is 1. The Balaban J connectivity index is 2.73. The zero-order valence-electron chi connectivity index (χ0n) is 11.2. The van der Waals surface area contributed by atoms with E-state index < -0.39 is 27.2 Å². The van der Waals surface area contributed by atoms with Gasteiger partial charge in [0.1, 0.15) is 0 Å². The summed E-state index contributed by atoms with van der Waals surface area (Å²) in [5.74, 6) is -1.43. The van der Waals surface area contributed by atoms with Crippen molar-refractivity contribution >= 4 is 15.9 Å². The summed E-state index contributed by atoms with van der Waals surface area (Å²) >= 11 is 0. The molecule has 1 aromatic carbocycles. The fraction of sp³-hybridized carbons (Fsp3) is 0.417. The number of carbonyl (C=O) groups is 1. The third-order valence-electron chi connectivity index (χ3n) is 2.70. The van der Waals surface area contributed by atoms with Gasteiger partial charge in [0.05, 0.1) is 11.3 Å². The van der Waals surface area contributed by atoms with Crippen LogP contribution >= 0.6 is 0 Å². The van der Waals surface area contributed by atoms with E-state index in [1.165, 1.54) is 32.0 Å². The van der Waals surface area contributed by atoms with Crippen LogP contribution in [0.5, 0.6) is 11.5 Å². The summed E-state index contributed by atoms with van der Waals surface area (Å²) in [4.78, 5) is 11.7. The standard InChI is InChI=1S/C12H18N2O5S/c1-7(2)20(18,19)14-12(17)9(13)5-8-3-4-10(15)11(16)6-8/h3-4,6-7,9,15-16H,5,13H2,1-2H3,(H,14,17)/t9-/m0/s1. The van der Waals surface area contributed by atoms with Crippen molar-refractivity contribution in [3.8, 4) is 11.5 Å². The van der Waals surface area contributed by atoms with Gasteiger partial charge in [-0.25, -0.2) is 8.42 Å². The molecule has 8 heteroatoms. The third-order valence-corrected chi connectivity index (χ3v) is 4.42. The maximum Gasteiger partial charge on any atom is 0.250 e. The zero-order chi connectivity index (χ0) is 15.5. The first-order valence-corrected chi connectivity index (χ1v) is 7.50. The van der Waals surface area contributed by atoms with E-state index in [4.69, 9.17) is 10.8 Å². The van der Waals surface area contributed by atoms with Crippen molar-refractivity contribution in [3.05, 3.63) is 23.8 Å². The molecule has 0 saturated carbocycles. The molecule has 0 bridgehead atoms. The number of phenolic OH excluding ortho intramolecular Hbond substituents is 2. The number of nitrogens with two attached hydrogens (primary N) is 1. The second-order valence-electron chi connectivity index (χ2n) is 4.69. The fourth-order valence-corrected chi connectivity index (χ4v) is 2.04. The highest BCUT2D eigenvalue weighted by atomic mass is 32.2. The lowest BCUT2D eigenvalue weighted by Gasteiger charge is -2.14. The van der Waals surface area contributed by atoms with Crippen LogP contribution in [-0.4, -0.2) is 35.8 Å². The Morgan fingerprint density at radius 1 is 1.30 bits per heavy atom. The predicted molar refractivity (Wildman–Crippen MR) is 73.6 cm³/mol. The summed E-state index contributed by atoms with van der Waals surface area (Å²) in [7, 11) is -3.72. The Hall–Kier alpha value is -1.80. The highest BCUT2D eigenvalue weighted by Gasteiger charge is 2.23. The Labute approximate surface area is 117 Å². The maximum absolute atomic E-state index is 11.7. The molecule has 7 nitrogen and oxygen atoms in total. The summed E-state index contributed by atoms with van der Waals surface area (Å²) in [5, 5.41) is 17.7. The number of rotatable bonds is 5. The highest BCUT2D eigenvalue weighted by molar-refractivity contribution is 7.90. The molecule has 0 aromatic heterocycles. The first-order valence-electron chi connectivity index (χ1n) is 5.95. The van der Waals surface area contributed by atoms with Gasteiger partial charge in [0.25, 0.3) is 5.91 Å². The van der Waals surface area contributed by atoms with Gasteiger partial charge in [-0.15, -0.1) is 0 Å². The molecule has 1 rings (SSSR count). The minimum atomic E-state index is -3.72. The molecule has 0 saturated heterocycles. The summed E-state index contributed by atoms with van der Waals surface area (Å²) in [6.07, 6.45) is 0.0350. The molecule has 1 aromatic rings. The van der Waals surface area contributed by atoms with Gasteiger partial charge >= 0.3 is 0 Å². The number of benzene rings is 1. The van der Waals surface area contributed by atoms with Crippen molar-refractivity contribution in [1.29, 1.82) is 0 Å². The monoisotopic (exact) mass is 302 g/mol. The summed E-state index contributed by atoms with van der Waals surface area (Å²) in [6.45, 7) is 2.89. The quantitative estimate of drug-likeness (QED) is 0.558. The smallest absolute Gasteiger partial charge is 0.250 e. The number of hydrogen-bond acceptors (Lipinski definition) is 6. The van der Waals surface area contributed by atoms with Gasteiger partial charge in [-0.05, 0) is 38.0 Å². The van der Waals surface area contributed by atoms with Crippen molar-refractivity contribution < 1.29 is 23.4 Å². The number of carbonyl (C=O) groups excluding carboxylic acids is 1. The van der Waals surface area contributed by atoms with Crippen molar-refractivity contribution in [3.63, 3.8) is 0 Å². The average molecular weight is 302 g/mol. The van der Waals surface area contributed by atoms with Crippen molar-refractivity contribution in [2.24, 2.45) is 5.73 Å². The first-order chi connectivity index (χ1) is 9.13. The molecule has 0 spiro atoms. The van der Waals surface area contributed by atoms with Crippen LogP contribution in [-0.2, 0) is 21.2 Å². The largest absolute Gasteiger partial charge is 0.504 e. The van der Waals surface area contributed by atoms with E-state index in [9.17, 15) is 18.3 Å². The molecular formula is C12H18N2O5S. The SMILES string of the molecule is CC(C)S(=O)(=O)NC(=O)[C@@H](N)Cc1ccc(O)c(O)c1. The van der Waals surface area contributed by atoms with Crippen LogP contribution in [0.1, 0.15) is 19.4 Å². The van der Waals surface area contributed by atoms with E-state index in [1.807, 2.05) is 4.72 Å². The van der Waals surface area contributed by atoms with Crippen LogP contribution in [0.2, 0.25) is 0 Å². The summed E-state index contributed by atoms with van der Waals surface area (Å²) in [6, 6.07) is 2.94. The molecule has 0 radical (unpaired) electrons. The molecule has 0 heterocycles. The lowest BCUT2D eigenvalue weighted by molar-refractivity contribution is -0.120. The lowest BCUT2D eigenvalue weighted by Crippen LogP contribution is -2.46. The minimum Gasteiger partial charge on any atom is -0.504 e. The highest BCUT2D eigenvalue weighted by Crippen LogP contribution is 2.25. The van der Waals surface area contributed by atoms with E-state index in [0.717, 1.165) is 0 Å². The van der Waals surface area contributed by atoms with Crippen molar-refractivity contribution in [2.45, 2.75) is 31.6 Å². The Kier molecular flexibility index (Phi) is 4.96. The number of nitrogens with one attached hydrogen (secondary N) is 1. The Bertz CT molecular complexity index is 598. The van der Waals surface area contributed by atoms with Crippen LogP contribution in [0, 0.1) is 0 Å². The van der Waals surface area contributed by atoms with Crippen LogP contribution < -0.4 is 10.5 Å². The second kappa shape index (κ2) is 6.10. The third kappa shape index (κ3) is 4.10. The molecule has 1 atom stereocenters. The van der Waals surface area contributed by atoms with Crippen LogP contribution in [0.15, 0.2) is 18.2 Å². The fourth-order valence-electron chi connectivity index (χ4n) is 1.38. The lowest BCUT2D eigenvalue weighted by atomic mass is 10.1. The van der Waals surface area contributed by atoms with E-state index in [2.05, 4.69) is 0 Å². The molecule has 0 aliphatic rings. The Morgan fingerprint density at radius 3 is 2.40 bits per heavy atom. The predicted octanol–water partition coefficient (Wildman–Crippen LogP) is -0.178. The van der Waals surface area contributed by atoms with Crippen molar-refractivity contribution in [1.82, 2.24) is 4.72 Å². The molecular weight excluding hydrogens is 284 g/mol. The zero-order valence-corrected chi connectivity index (χ0v) is 12.0. The van der Waals surface area contributed by atoms with Gasteiger partial charge in [0, 0.05) is 0 Å².